The molecule has 0 atom stereocenters. The number of hydrogen-bond donors (Lipinski definition) is 2. The number of rotatable bonds is 5. The second kappa shape index (κ2) is 9.44. The lowest BCUT2D eigenvalue weighted by molar-refractivity contribution is 0.597. The Labute approximate surface area is 114 Å². The van der Waals surface area contributed by atoms with Crippen LogP contribution in [0.15, 0.2) is 23.5 Å². The average molecular weight is 337 g/mol. The highest BCUT2D eigenvalue weighted by molar-refractivity contribution is 14.0. The van der Waals surface area contributed by atoms with Gasteiger partial charge in [-0.2, -0.15) is 5.10 Å². The maximum absolute atomic E-state index is 4.12. The first-order valence-electron chi connectivity index (χ1n) is 5.28. The molecule has 0 aliphatic rings. The molecular weight excluding hydrogens is 317 g/mol. The molecule has 1 aromatic heterocycles. The average Bonchev–Trinajstić information content (AvgIpc) is 2.76. The first kappa shape index (κ1) is 15.2. The monoisotopic (exact) mass is 337 g/mol. The Morgan fingerprint density at radius 3 is 2.69 bits per heavy atom. The highest BCUT2D eigenvalue weighted by atomic mass is 127. The van der Waals surface area contributed by atoms with E-state index in [0.29, 0.717) is 0 Å². The van der Waals surface area contributed by atoms with E-state index in [4.69, 9.17) is 0 Å². The summed E-state index contributed by atoms with van der Waals surface area (Å²) in [5, 5.41) is 10.5. The van der Waals surface area contributed by atoms with E-state index in [1.165, 1.54) is 0 Å². The summed E-state index contributed by atoms with van der Waals surface area (Å²) in [6.45, 7) is 4.75. The molecule has 0 spiro atoms. The zero-order chi connectivity index (χ0) is 10.9. The first-order chi connectivity index (χ1) is 7.36. The topological polar surface area (TPSA) is 54.2 Å². The maximum Gasteiger partial charge on any atom is 0.191 e. The molecule has 0 aliphatic carbocycles. The summed E-state index contributed by atoms with van der Waals surface area (Å²) in [6.07, 6.45) is 4.83. The summed E-state index contributed by atoms with van der Waals surface area (Å²) in [4.78, 5) is 4.11. The zero-order valence-electron chi connectivity index (χ0n) is 9.81. The van der Waals surface area contributed by atoms with Crippen LogP contribution >= 0.6 is 24.0 Å². The van der Waals surface area contributed by atoms with Crippen molar-refractivity contribution in [3.8, 4) is 0 Å². The molecule has 1 aromatic rings. The van der Waals surface area contributed by atoms with Crippen LogP contribution in [-0.2, 0) is 6.54 Å². The van der Waals surface area contributed by atoms with Crippen molar-refractivity contribution in [1.82, 2.24) is 20.4 Å². The first-order valence-corrected chi connectivity index (χ1v) is 5.28. The van der Waals surface area contributed by atoms with Crippen LogP contribution in [-0.4, -0.2) is 35.9 Å². The highest BCUT2D eigenvalue weighted by Crippen LogP contribution is 1.82. The van der Waals surface area contributed by atoms with E-state index in [1.54, 1.807) is 13.2 Å². The van der Waals surface area contributed by atoms with Crippen LogP contribution < -0.4 is 10.6 Å². The third-order valence-corrected chi connectivity index (χ3v) is 1.96. The van der Waals surface area contributed by atoms with Crippen molar-refractivity contribution in [2.24, 2.45) is 4.99 Å². The number of hydrogen-bond acceptors (Lipinski definition) is 2. The molecule has 0 fully saturated rings. The largest absolute Gasteiger partial charge is 0.356 e. The zero-order valence-corrected chi connectivity index (χ0v) is 12.1. The van der Waals surface area contributed by atoms with Gasteiger partial charge in [0.15, 0.2) is 5.96 Å². The molecule has 0 amide bonds. The Balaban J connectivity index is 0.00000225. The van der Waals surface area contributed by atoms with Gasteiger partial charge in [0.1, 0.15) is 0 Å². The van der Waals surface area contributed by atoms with Crippen LogP contribution in [0.4, 0.5) is 0 Å². The van der Waals surface area contributed by atoms with E-state index >= 15 is 0 Å². The number of nitrogens with zero attached hydrogens (tertiary/aromatic N) is 3. The van der Waals surface area contributed by atoms with Gasteiger partial charge in [-0.3, -0.25) is 9.67 Å². The molecule has 0 aromatic carbocycles. The summed E-state index contributed by atoms with van der Waals surface area (Å²) in [5.41, 5.74) is 0. The standard InChI is InChI=1S/C10H19N5.HI/c1-3-5-12-10(11-2)13-7-9-15-8-4-6-14-15;/h4,6,8H,3,5,7,9H2,1-2H3,(H2,11,12,13);1H. The SMILES string of the molecule is CCCNC(=NC)NCCn1cccn1.I. The normalized spacial score (nSPS) is 10.8. The van der Waals surface area contributed by atoms with Gasteiger partial charge in [-0.25, -0.2) is 0 Å². The molecule has 0 saturated heterocycles. The van der Waals surface area contributed by atoms with Gasteiger partial charge in [0, 0.05) is 32.5 Å². The van der Waals surface area contributed by atoms with E-state index in [1.807, 2.05) is 16.9 Å². The molecule has 1 heterocycles. The summed E-state index contributed by atoms with van der Waals surface area (Å²) in [5.74, 6) is 0.851. The fourth-order valence-electron chi connectivity index (χ4n) is 1.19. The van der Waals surface area contributed by atoms with E-state index in [-0.39, 0.29) is 24.0 Å². The van der Waals surface area contributed by atoms with Gasteiger partial charge in [0.05, 0.1) is 6.54 Å². The lowest BCUT2D eigenvalue weighted by Crippen LogP contribution is -2.39. The molecule has 1 rings (SSSR count). The summed E-state index contributed by atoms with van der Waals surface area (Å²) in [7, 11) is 1.78. The van der Waals surface area contributed by atoms with Gasteiger partial charge >= 0.3 is 0 Å². The fourth-order valence-corrected chi connectivity index (χ4v) is 1.19. The van der Waals surface area contributed by atoms with Gasteiger partial charge in [-0.1, -0.05) is 6.92 Å². The van der Waals surface area contributed by atoms with Gasteiger partial charge in [0.2, 0.25) is 0 Å². The van der Waals surface area contributed by atoms with Crippen molar-refractivity contribution in [2.45, 2.75) is 19.9 Å². The van der Waals surface area contributed by atoms with E-state index in [0.717, 1.165) is 32.0 Å². The summed E-state index contributed by atoms with van der Waals surface area (Å²) < 4.78 is 1.89. The van der Waals surface area contributed by atoms with Crippen LogP contribution in [0.3, 0.4) is 0 Å². The Morgan fingerprint density at radius 1 is 1.38 bits per heavy atom. The van der Waals surface area contributed by atoms with Crippen LogP contribution in [0.25, 0.3) is 0 Å². The fraction of sp³-hybridized carbons (Fsp3) is 0.600. The predicted molar refractivity (Wildman–Crippen MR) is 77.3 cm³/mol. The maximum atomic E-state index is 4.12. The summed E-state index contributed by atoms with van der Waals surface area (Å²) in [6, 6.07) is 1.92. The Morgan fingerprint density at radius 2 is 2.12 bits per heavy atom. The number of halogens is 1. The van der Waals surface area contributed by atoms with Crippen molar-refractivity contribution in [3.05, 3.63) is 18.5 Å². The van der Waals surface area contributed by atoms with Gasteiger partial charge < -0.3 is 10.6 Å². The molecule has 0 radical (unpaired) electrons. The van der Waals surface area contributed by atoms with Crippen LogP contribution in [0, 0.1) is 0 Å². The number of nitrogens with one attached hydrogen (secondary N) is 2. The van der Waals surface area contributed by atoms with Crippen molar-refractivity contribution >= 4 is 29.9 Å². The molecule has 92 valence electrons. The molecule has 0 saturated carbocycles. The van der Waals surface area contributed by atoms with Gasteiger partial charge in [-0.05, 0) is 12.5 Å². The van der Waals surface area contributed by atoms with E-state index in [2.05, 4.69) is 27.6 Å². The number of aromatic nitrogens is 2. The third-order valence-electron chi connectivity index (χ3n) is 1.96. The minimum Gasteiger partial charge on any atom is -0.356 e. The predicted octanol–water partition coefficient (Wildman–Crippen LogP) is 1.08. The number of aliphatic imine (C=N–C) groups is 1. The van der Waals surface area contributed by atoms with Crippen molar-refractivity contribution in [3.63, 3.8) is 0 Å². The van der Waals surface area contributed by atoms with Gasteiger partial charge in [0.25, 0.3) is 0 Å². The molecule has 5 nitrogen and oxygen atoms in total. The van der Waals surface area contributed by atoms with Gasteiger partial charge in [-0.15, -0.1) is 24.0 Å². The van der Waals surface area contributed by atoms with E-state index < -0.39 is 0 Å². The Kier molecular flexibility index (Phi) is 8.97. The van der Waals surface area contributed by atoms with Crippen LogP contribution in [0.5, 0.6) is 0 Å². The third kappa shape index (κ3) is 5.94. The lowest BCUT2D eigenvalue weighted by atomic mass is 10.5. The second-order valence-corrected chi connectivity index (χ2v) is 3.19. The quantitative estimate of drug-likeness (QED) is 0.480. The molecule has 6 heteroatoms. The minimum absolute atomic E-state index is 0. The van der Waals surface area contributed by atoms with Crippen molar-refractivity contribution in [2.75, 3.05) is 20.1 Å². The molecule has 2 N–H and O–H groups in total. The summed E-state index contributed by atoms with van der Waals surface area (Å²) >= 11 is 0. The lowest BCUT2D eigenvalue weighted by Gasteiger charge is -2.10. The number of guanidine groups is 1. The van der Waals surface area contributed by atoms with Crippen molar-refractivity contribution < 1.29 is 0 Å². The van der Waals surface area contributed by atoms with Crippen LogP contribution in [0.1, 0.15) is 13.3 Å². The molecule has 16 heavy (non-hydrogen) atoms. The molecule has 0 unspecified atom stereocenters. The Hall–Kier alpha value is -0.790. The van der Waals surface area contributed by atoms with Crippen molar-refractivity contribution in [1.29, 1.82) is 0 Å². The molecule has 0 aliphatic heterocycles. The second-order valence-electron chi connectivity index (χ2n) is 3.19. The minimum atomic E-state index is 0. The molecular formula is C10H20IN5. The molecule has 0 bridgehead atoms. The van der Waals surface area contributed by atoms with Crippen LogP contribution in [0.2, 0.25) is 0 Å². The highest BCUT2D eigenvalue weighted by Gasteiger charge is 1.95. The van der Waals surface area contributed by atoms with E-state index in [9.17, 15) is 0 Å². The smallest absolute Gasteiger partial charge is 0.191 e. The Bertz CT molecular complexity index is 283.